The molecule has 0 saturated carbocycles. The van der Waals surface area contributed by atoms with Crippen LogP contribution in [-0.2, 0) is 9.53 Å². The fourth-order valence-electron chi connectivity index (χ4n) is 2.21. The summed E-state index contributed by atoms with van der Waals surface area (Å²) in [5.41, 5.74) is 0. The number of urea groups is 1. The summed E-state index contributed by atoms with van der Waals surface area (Å²) in [6, 6.07) is -0.462. The number of rotatable bonds is 2. The standard InChI is InChI=1S/C10H15ClN2O3/c1-5(11)9(14)13-10(15)12-7-4-6-2-3-8(7)16-6/h5-8H,2-4H2,1H3,(H2,12,13,14,15). The van der Waals surface area contributed by atoms with E-state index in [0.29, 0.717) is 0 Å². The molecule has 0 aliphatic carbocycles. The second-order valence-corrected chi connectivity index (χ2v) is 4.95. The maximum Gasteiger partial charge on any atom is 0.321 e. The average Bonchev–Trinajstić information content (AvgIpc) is 2.78. The van der Waals surface area contributed by atoms with Gasteiger partial charge in [-0.3, -0.25) is 10.1 Å². The third-order valence-electron chi connectivity index (χ3n) is 3.02. The molecule has 0 aromatic carbocycles. The topological polar surface area (TPSA) is 67.4 Å². The van der Waals surface area contributed by atoms with Crippen LogP contribution in [0.1, 0.15) is 26.2 Å². The number of imide groups is 1. The predicted molar refractivity (Wildman–Crippen MR) is 58.3 cm³/mol. The van der Waals surface area contributed by atoms with E-state index in [9.17, 15) is 9.59 Å². The minimum Gasteiger partial charge on any atom is -0.373 e. The van der Waals surface area contributed by atoms with E-state index in [4.69, 9.17) is 16.3 Å². The molecule has 0 radical (unpaired) electrons. The average molecular weight is 247 g/mol. The zero-order valence-electron chi connectivity index (χ0n) is 9.03. The molecule has 2 bridgehead atoms. The summed E-state index contributed by atoms with van der Waals surface area (Å²) < 4.78 is 5.58. The first-order valence-corrected chi connectivity index (χ1v) is 5.91. The minimum atomic E-state index is -0.706. The first-order valence-electron chi connectivity index (χ1n) is 5.47. The molecule has 2 saturated heterocycles. The molecule has 0 aromatic rings. The van der Waals surface area contributed by atoms with Crippen LogP contribution in [0.2, 0.25) is 0 Å². The third-order valence-corrected chi connectivity index (χ3v) is 3.22. The van der Waals surface area contributed by atoms with Crippen LogP contribution in [0.3, 0.4) is 0 Å². The molecule has 2 N–H and O–H groups in total. The number of nitrogens with one attached hydrogen (secondary N) is 2. The Balaban J connectivity index is 1.78. The lowest BCUT2D eigenvalue weighted by molar-refractivity contribution is -0.119. The van der Waals surface area contributed by atoms with Gasteiger partial charge in [0.15, 0.2) is 0 Å². The first-order chi connectivity index (χ1) is 7.56. The van der Waals surface area contributed by atoms with Gasteiger partial charge in [-0.05, 0) is 26.2 Å². The van der Waals surface area contributed by atoms with E-state index in [1.165, 1.54) is 6.92 Å². The number of hydrogen-bond donors (Lipinski definition) is 2. The van der Waals surface area contributed by atoms with Crippen LogP contribution in [-0.4, -0.2) is 35.6 Å². The van der Waals surface area contributed by atoms with Crippen molar-refractivity contribution in [2.24, 2.45) is 0 Å². The quantitative estimate of drug-likeness (QED) is 0.707. The number of amides is 3. The molecule has 2 heterocycles. The van der Waals surface area contributed by atoms with Gasteiger partial charge in [0.25, 0.3) is 0 Å². The van der Waals surface area contributed by atoms with E-state index in [1.54, 1.807) is 0 Å². The van der Waals surface area contributed by atoms with Gasteiger partial charge in [-0.25, -0.2) is 4.79 Å². The highest BCUT2D eigenvalue weighted by Crippen LogP contribution is 2.34. The third kappa shape index (κ3) is 2.47. The molecule has 90 valence electrons. The van der Waals surface area contributed by atoms with E-state index < -0.39 is 17.3 Å². The smallest absolute Gasteiger partial charge is 0.321 e. The Bertz CT molecular complexity index is 308. The molecule has 2 fully saturated rings. The van der Waals surface area contributed by atoms with E-state index in [2.05, 4.69) is 10.6 Å². The number of hydrogen-bond acceptors (Lipinski definition) is 3. The molecule has 4 unspecified atom stereocenters. The number of alkyl halides is 1. The molecular weight excluding hydrogens is 232 g/mol. The molecule has 5 nitrogen and oxygen atoms in total. The number of carbonyl (C=O) groups is 2. The fraction of sp³-hybridized carbons (Fsp3) is 0.800. The fourth-order valence-corrected chi connectivity index (χ4v) is 2.26. The summed E-state index contributed by atoms with van der Waals surface area (Å²) in [5, 5.41) is 4.22. The van der Waals surface area contributed by atoms with Crippen molar-refractivity contribution in [3.05, 3.63) is 0 Å². The van der Waals surface area contributed by atoms with Crippen LogP contribution in [0.4, 0.5) is 4.79 Å². The summed E-state index contributed by atoms with van der Waals surface area (Å²) in [6.45, 7) is 1.52. The molecular formula is C10H15ClN2O3. The van der Waals surface area contributed by atoms with Crippen LogP contribution in [0, 0.1) is 0 Å². The van der Waals surface area contributed by atoms with Gasteiger partial charge in [-0.1, -0.05) is 0 Å². The summed E-state index contributed by atoms with van der Waals surface area (Å²) in [7, 11) is 0. The van der Waals surface area contributed by atoms with Gasteiger partial charge in [0.05, 0.1) is 18.2 Å². The molecule has 2 aliphatic rings. The summed E-state index contributed by atoms with van der Waals surface area (Å²) in [4.78, 5) is 22.6. The molecule has 0 aromatic heterocycles. The van der Waals surface area contributed by atoms with Crippen molar-refractivity contribution in [3.63, 3.8) is 0 Å². The van der Waals surface area contributed by atoms with Crippen LogP contribution in [0.25, 0.3) is 0 Å². The van der Waals surface area contributed by atoms with Crippen molar-refractivity contribution in [2.45, 2.75) is 49.8 Å². The second kappa shape index (κ2) is 4.59. The lowest BCUT2D eigenvalue weighted by atomic mass is 9.96. The lowest BCUT2D eigenvalue weighted by Crippen LogP contribution is -2.49. The molecule has 0 spiro atoms. The van der Waals surface area contributed by atoms with Gasteiger partial charge in [-0.15, -0.1) is 11.6 Å². The summed E-state index contributed by atoms with van der Waals surface area (Å²) in [6.07, 6.45) is 3.28. The van der Waals surface area contributed by atoms with Gasteiger partial charge >= 0.3 is 6.03 Å². The summed E-state index contributed by atoms with van der Waals surface area (Å²) >= 11 is 5.54. The van der Waals surface area contributed by atoms with E-state index in [-0.39, 0.29) is 18.2 Å². The van der Waals surface area contributed by atoms with E-state index in [1.807, 2.05) is 0 Å². The largest absolute Gasteiger partial charge is 0.373 e. The Morgan fingerprint density at radius 3 is 2.69 bits per heavy atom. The Hall–Kier alpha value is -0.810. The number of halogens is 1. The van der Waals surface area contributed by atoms with Crippen molar-refractivity contribution in [1.29, 1.82) is 0 Å². The molecule has 16 heavy (non-hydrogen) atoms. The Labute approximate surface area is 98.9 Å². The molecule has 2 rings (SSSR count). The van der Waals surface area contributed by atoms with Crippen molar-refractivity contribution in [2.75, 3.05) is 0 Å². The van der Waals surface area contributed by atoms with Crippen LogP contribution in [0.15, 0.2) is 0 Å². The Morgan fingerprint density at radius 1 is 1.44 bits per heavy atom. The van der Waals surface area contributed by atoms with Gasteiger partial charge in [0.2, 0.25) is 5.91 Å². The van der Waals surface area contributed by atoms with E-state index >= 15 is 0 Å². The molecule has 4 atom stereocenters. The SMILES string of the molecule is CC(Cl)C(=O)NC(=O)NC1CC2CCC1O2. The normalized spacial score (nSPS) is 33.5. The first kappa shape index (κ1) is 11.7. The predicted octanol–water partition coefficient (Wildman–Crippen LogP) is 0.759. The van der Waals surface area contributed by atoms with Gasteiger partial charge in [0.1, 0.15) is 5.38 Å². The van der Waals surface area contributed by atoms with E-state index in [0.717, 1.165) is 19.3 Å². The zero-order valence-corrected chi connectivity index (χ0v) is 9.79. The van der Waals surface area contributed by atoms with Gasteiger partial charge < -0.3 is 10.1 Å². The molecule has 6 heteroatoms. The molecule has 3 amide bonds. The van der Waals surface area contributed by atoms with Crippen LogP contribution in [0.5, 0.6) is 0 Å². The Kier molecular flexibility index (Phi) is 3.35. The summed E-state index contributed by atoms with van der Waals surface area (Å²) in [5.74, 6) is -0.483. The van der Waals surface area contributed by atoms with Crippen molar-refractivity contribution in [1.82, 2.24) is 10.6 Å². The monoisotopic (exact) mass is 246 g/mol. The highest BCUT2D eigenvalue weighted by Gasteiger charge is 2.41. The van der Waals surface area contributed by atoms with Crippen LogP contribution >= 0.6 is 11.6 Å². The number of carbonyl (C=O) groups excluding carboxylic acids is 2. The number of ether oxygens (including phenoxy) is 1. The Morgan fingerprint density at radius 2 is 2.19 bits per heavy atom. The highest BCUT2D eigenvalue weighted by atomic mass is 35.5. The lowest BCUT2D eigenvalue weighted by Gasteiger charge is -2.20. The van der Waals surface area contributed by atoms with Crippen molar-refractivity contribution >= 4 is 23.5 Å². The van der Waals surface area contributed by atoms with Gasteiger partial charge in [0, 0.05) is 0 Å². The molecule has 2 aliphatic heterocycles. The van der Waals surface area contributed by atoms with Gasteiger partial charge in [-0.2, -0.15) is 0 Å². The number of fused-ring (bicyclic) bond motifs is 2. The minimum absolute atomic E-state index is 0.0252. The zero-order chi connectivity index (χ0) is 11.7. The highest BCUT2D eigenvalue weighted by molar-refractivity contribution is 6.31. The van der Waals surface area contributed by atoms with Crippen molar-refractivity contribution < 1.29 is 14.3 Å². The second-order valence-electron chi connectivity index (χ2n) is 4.29. The maximum atomic E-state index is 11.4. The van der Waals surface area contributed by atoms with Crippen molar-refractivity contribution in [3.8, 4) is 0 Å². The van der Waals surface area contributed by atoms with Crippen LogP contribution < -0.4 is 10.6 Å². The maximum absolute atomic E-state index is 11.4.